The molecule has 0 unspecified atom stereocenters. The van der Waals surface area contributed by atoms with Gasteiger partial charge in [-0.1, -0.05) is 6.92 Å². The third-order valence-electron chi connectivity index (χ3n) is 4.26. The summed E-state index contributed by atoms with van der Waals surface area (Å²) in [5, 5.41) is 19.3. The molecule has 6 nitrogen and oxygen atoms in total. The summed E-state index contributed by atoms with van der Waals surface area (Å²) in [6, 6.07) is 0.154. The maximum Gasteiger partial charge on any atom is 0.275 e. The summed E-state index contributed by atoms with van der Waals surface area (Å²) < 4.78 is 1.49. The summed E-state index contributed by atoms with van der Waals surface area (Å²) in [5.41, 5.74) is -0.905. The van der Waals surface area contributed by atoms with E-state index in [4.69, 9.17) is 0 Å². The van der Waals surface area contributed by atoms with Crippen molar-refractivity contribution >= 4 is 5.91 Å². The van der Waals surface area contributed by atoms with Gasteiger partial charge in [0.05, 0.1) is 12.2 Å². The van der Waals surface area contributed by atoms with E-state index in [1.54, 1.807) is 4.90 Å². The largest absolute Gasteiger partial charge is 0.503 e. The van der Waals surface area contributed by atoms with E-state index in [9.17, 15) is 19.8 Å². The molecule has 6 heteroatoms. The Bertz CT molecular complexity index is 622. The smallest absolute Gasteiger partial charge is 0.275 e. The molecular formula is C13H16N2O4. The van der Waals surface area contributed by atoms with Crippen LogP contribution in [0.1, 0.15) is 30.8 Å². The number of aromatic hydroxyl groups is 2. The lowest BCUT2D eigenvalue weighted by molar-refractivity contribution is 0.0574. The SMILES string of the molecule is C[C@@H]1C[C@H](C)[C@H]2Cn3cc(O)c(=O)c(O)c3C(=O)N12. The molecule has 2 aliphatic rings. The van der Waals surface area contributed by atoms with E-state index in [1.165, 1.54) is 10.8 Å². The maximum absolute atomic E-state index is 12.5. The zero-order chi connectivity index (χ0) is 13.9. The van der Waals surface area contributed by atoms with Gasteiger partial charge in [-0.15, -0.1) is 0 Å². The molecule has 1 aromatic heterocycles. The highest BCUT2D eigenvalue weighted by atomic mass is 16.3. The number of aromatic nitrogens is 1. The van der Waals surface area contributed by atoms with Crippen molar-refractivity contribution in [3.8, 4) is 11.5 Å². The number of carbonyl (C=O) groups is 1. The quantitative estimate of drug-likeness (QED) is 0.715. The Hall–Kier alpha value is -1.98. The first-order valence-corrected chi connectivity index (χ1v) is 6.39. The minimum atomic E-state index is -0.891. The van der Waals surface area contributed by atoms with E-state index < -0.39 is 16.9 Å². The Morgan fingerprint density at radius 2 is 1.95 bits per heavy atom. The van der Waals surface area contributed by atoms with Gasteiger partial charge >= 0.3 is 0 Å². The zero-order valence-electron chi connectivity index (χ0n) is 10.8. The molecule has 2 N–H and O–H groups in total. The van der Waals surface area contributed by atoms with E-state index in [-0.39, 0.29) is 23.7 Å². The van der Waals surface area contributed by atoms with Crippen molar-refractivity contribution in [2.45, 2.75) is 38.9 Å². The fourth-order valence-electron chi connectivity index (χ4n) is 3.36. The van der Waals surface area contributed by atoms with Crippen LogP contribution >= 0.6 is 0 Å². The van der Waals surface area contributed by atoms with Crippen molar-refractivity contribution in [1.82, 2.24) is 9.47 Å². The molecule has 19 heavy (non-hydrogen) atoms. The molecule has 0 saturated carbocycles. The first kappa shape index (κ1) is 12.1. The summed E-state index contributed by atoms with van der Waals surface area (Å²) in [6.07, 6.45) is 2.14. The number of carbonyl (C=O) groups excluding carboxylic acids is 1. The number of hydrogen-bond acceptors (Lipinski definition) is 4. The number of amides is 1. The lowest BCUT2D eigenvalue weighted by Crippen LogP contribution is -2.49. The van der Waals surface area contributed by atoms with Crippen molar-refractivity contribution in [1.29, 1.82) is 0 Å². The molecule has 0 bridgehead atoms. The topological polar surface area (TPSA) is 82.8 Å². The number of hydrogen-bond donors (Lipinski definition) is 2. The van der Waals surface area contributed by atoms with Crippen molar-refractivity contribution in [2.24, 2.45) is 5.92 Å². The third kappa shape index (κ3) is 1.49. The molecule has 1 saturated heterocycles. The van der Waals surface area contributed by atoms with Crippen molar-refractivity contribution in [3.63, 3.8) is 0 Å². The van der Waals surface area contributed by atoms with Crippen LogP contribution in [-0.2, 0) is 6.54 Å². The second-order valence-corrected chi connectivity index (χ2v) is 5.53. The number of fused-ring (bicyclic) bond motifs is 2. The van der Waals surface area contributed by atoms with Crippen LogP contribution in [0, 0.1) is 5.92 Å². The number of rotatable bonds is 0. The van der Waals surface area contributed by atoms with Gasteiger partial charge in [0.15, 0.2) is 17.2 Å². The first-order valence-electron chi connectivity index (χ1n) is 6.39. The summed E-state index contributed by atoms with van der Waals surface area (Å²) in [6.45, 7) is 4.55. The molecular weight excluding hydrogens is 248 g/mol. The van der Waals surface area contributed by atoms with Crippen LogP contribution in [0.5, 0.6) is 11.5 Å². The molecule has 1 amide bonds. The fraction of sp³-hybridized carbons (Fsp3) is 0.538. The molecule has 3 rings (SSSR count). The van der Waals surface area contributed by atoms with E-state index in [0.29, 0.717) is 12.5 Å². The van der Waals surface area contributed by atoms with Gasteiger partial charge in [-0.05, 0) is 19.3 Å². The Kier molecular flexibility index (Phi) is 2.39. The second kappa shape index (κ2) is 3.76. The second-order valence-electron chi connectivity index (χ2n) is 5.53. The molecule has 0 aliphatic carbocycles. The van der Waals surface area contributed by atoms with Crippen LogP contribution in [0.3, 0.4) is 0 Å². The molecule has 0 radical (unpaired) electrons. The molecule has 3 atom stereocenters. The standard InChI is InChI=1S/C13H16N2O4/c1-6-3-7(2)15-8(6)4-14-5-9(16)11(17)12(18)10(14)13(15)19/h5-8,16,18H,3-4H2,1-2H3/t6-,7+,8+/m0/s1. The minimum Gasteiger partial charge on any atom is -0.503 e. The molecule has 2 aliphatic heterocycles. The summed E-state index contributed by atoms with van der Waals surface area (Å²) in [4.78, 5) is 25.7. The summed E-state index contributed by atoms with van der Waals surface area (Å²) in [7, 11) is 0. The normalized spacial score (nSPS) is 29.3. The van der Waals surface area contributed by atoms with E-state index in [0.717, 1.165) is 6.42 Å². The van der Waals surface area contributed by atoms with Crippen LogP contribution in [0.4, 0.5) is 0 Å². The van der Waals surface area contributed by atoms with Gasteiger partial charge in [-0.3, -0.25) is 9.59 Å². The van der Waals surface area contributed by atoms with E-state index in [1.807, 2.05) is 6.92 Å². The van der Waals surface area contributed by atoms with Gasteiger partial charge in [-0.25, -0.2) is 0 Å². The molecule has 1 aromatic rings. The predicted octanol–water partition coefficient (Wildman–Crippen LogP) is 0.512. The Morgan fingerprint density at radius 3 is 2.63 bits per heavy atom. The van der Waals surface area contributed by atoms with E-state index in [2.05, 4.69) is 6.92 Å². The van der Waals surface area contributed by atoms with Gasteiger partial charge in [0.2, 0.25) is 0 Å². The lowest BCUT2D eigenvalue weighted by Gasteiger charge is -2.36. The van der Waals surface area contributed by atoms with Gasteiger partial charge in [-0.2, -0.15) is 0 Å². The maximum atomic E-state index is 12.5. The fourth-order valence-corrected chi connectivity index (χ4v) is 3.36. The van der Waals surface area contributed by atoms with Gasteiger partial charge < -0.3 is 19.7 Å². The number of pyridine rings is 1. The Labute approximate surface area is 109 Å². The summed E-state index contributed by atoms with van der Waals surface area (Å²) in [5.74, 6) is -1.16. The molecule has 1 fully saturated rings. The van der Waals surface area contributed by atoms with Crippen LogP contribution in [0.25, 0.3) is 0 Å². The van der Waals surface area contributed by atoms with Crippen molar-refractivity contribution in [3.05, 3.63) is 22.1 Å². The summed E-state index contributed by atoms with van der Waals surface area (Å²) >= 11 is 0. The predicted molar refractivity (Wildman–Crippen MR) is 67.2 cm³/mol. The van der Waals surface area contributed by atoms with Gasteiger partial charge in [0.25, 0.3) is 11.3 Å². The van der Waals surface area contributed by atoms with Crippen molar-refractivity contribution in [2.75, 3.05) is 0 Å². The van der Waals surface area contributed by atoms with Crippen molar-refractivity contribution < 1.29 is 15.0 Å². The van der Waals surface area contributed by atoms with E-state index >= 15 is 0 Å². The Morgan fingerprint density at radius 1 is 1.26 bits per heavy atom. The number of nitrogens with zero attached hydrogens (tertiary/aromatic N) is 2. The molecule has 3 heterocycles. The molecule has 0 aromatic carbocycles. The van der Waals surface area contributed by atoms with Gasteiger partial charge in [0, 0.05) is 12.6 Å². The first-order chi connectivity index (χ1) is 8.91. The third-order valence-corrected chi connectivity index (χ3v) is 4.26. The van der Waals surface area contributed by atoms with Crippen LogP contribution in [0.2, 0.25) is 0 Å². The average molecular weight is 264 g/mol. The van der Waals surface area contributed by atoms with Crippen LogP contribution in [-0.4, -0.2) is 37.7 Å². The Balaban J connectivity index is 2.19. The molecule has 102 valence electrons. The van der Waals surface area contributed by atoms with Crippen LogP contribution in [0.15, 0.2) is 11.0 Å². The monoisotopic (exact) mass is 264 g/mol. The minimum absolute atomic E-state index is 0.0139. The average Bonchev–Trinajstić information content (AvgIpc) is 2.62. The zero-order valence-corrected chi connectivity index (χ0v) is 10.8. The van der Waals surface area contributed by atoms with Gasteiger partial charge in [0.1, 0.15) is 0 Å². The lowest BCUT2D eigenvalue weighted by atomic mass is 10.0. The molecule has 0 spiro atoms. The highest BCUT2D eigenvalue weighted by Crippen LogP contribution is 2.36. The highest BCUT2D eigenvalue weighted by molar-refractivity contribution is 5.96. The van der Waals surface area contributed by atoms with Crippen LogP contribution < -0.4 is 5.43 Å². The highest BCUT2D eigenvalue weighted by Gasteiger charge is 2.45.